The molecule has 3 aromatic rings. The maximum Gasteiger partial charge on any atom is 0.272 e. The lowest BCUT2D eigenvalue weighted by Gasteiger charge is -2.19. The molecular weight excluding hydrogens is 347 g/mol. The molecule has 1 unspecified atom stereocenters. The standard InChI is InChI=1S/C17H14Cl2N4O/c1-23-10-9-20-16(23)14(11-5-3-2-4-6-11)22-17(24)15-12(18)7-8-13(19)21-15/h2-10,14H,1H3,(H,22,24). The van der Waals surface area contributed by atoms with E-state index in [1.54, 1.807) is 12.3 Å². The average molecular weight is 361 g/mol. The first-order chi connectivity index (χ1) is 11.6. The highest BCUT2D eigenvalue weighted by molar-refractivity contribution is 6.34. The van der Waals surface area contributed by atoms with Crippen molar-refractivity contribution in [2.45, 2.75) is 6.04 Å². The first-order valence-corrected chi connectivity index (χ1v) is 7.97. The number of nitrogens with zero attached hydrogens (tertiary/aromatic N) is 3. The number of rotatable bonds is 4. The predicted octanol–water partition coefficient (Wildman–Crippen LogP) is 3.64. The summed E-state index contributed by atoms with van der Waals surface area (Å²) in [6, 6.07) is 12.2. The highest BCUT2D eigenvalue weighted by atomic mass is 35.5. The number of pyridine rings is 1. The summed E-state index contributed by atoms with van der Waals surface area (Å²) in [5, 5.41) is 3.38. The van der Waals surface area contributed by atoms with E-state index in [1.807, 2.05) is 48.1 Å². The summed E-state index contributed by atoms with van der Waals surface area (Å²) in [5.41, 5.74) is 0.984. The molecule has 122 valence electrons. The van der Waals surface area contributed by atoms with Crippen LogP contribution in [0.15, 0.2) is 54.9 Å². The molecule has 0 spiro atoms. The van der Waals surface area contributed by atoms with Gasteiger partial charge in [0, 0.05) is 19.4 Å². The smallest absolute Gasteiger partial charge is 0.272 e. The van der Waals surface area contributed by atoms with E-state index in [1.165, 1.54) is 6.07 Å². The van der Waals surface area contributed by atoms with Crippen molar-refractivity contribution < 1.29 is 4.79 Å². The second-order valence-corrected chi connectivity index (χ2v) is 5.97. The van der Waals surface area contributed by atoms with Gasteiger partial charge in [-0.1, -0.05) is 53.5 Å². The van der Waals surface area contributed by atoms with Gasteiger partial charge in [0.25, 0.3) is 5.91 Å². The Bertz CT molecular complexity index is 864. The fraction of sp³-hybridized carbons (Fsp3) is 0.118. The Morgan fingerprint density at radius 2 is 1.92 bits per heavy atom. The third-order valence-corrected chi connectivity index (χ3v) is 4.07. The Morgan fingerprint density at radius 3 is 2.58 bits per heavy atom. The average Bonchev–Trinajstić information content (AvgIpc) is 3.01. The molecule has 0 bridgehead atoms. The number of aromatic nitrogens is 3. The van der Waals surface area contributed by atoms with Crippen LogP contribution in [0.3, 0.4) is 0 Å². The Morgan fingerprint density at radius 1 is 1.17 bits per heavy atom. The Labute approximate surface area is 149 Å². The van der Waals surface area contributed by atoms with E-state index < -0.39 is 11.9 Å². The summed E-state index contributed by atoms with van der Waals surface area (Å²) in [5.74, 6) is 0.284. The number of nitrogens with one attached hydrogen (secondary N) is 1. The van der Waals surface area contributed by atoms with Crippen LogP contribution in [0.2, 0.25) is 10.2 Å². The first-order valence-electron chi connectivity index (χ1n) is 7.21. The van der Waals surface area contributed by atoms with Gasteiger partial charge in [0.05, 0.1) is 5.02 Å². The molecule has 2 heterocycles. The van der Waals surface area contributed by atoms with Crippen molar-refractivity contribution in [2.24, 2.45) is 7.05 Å². The molecule has 0 saturated heterocycles. The van der Waals surface area contributed by atoms with Crippen LogP contribution in [0.5, 0.6) is 0 Å². The molecule has 1 amide bonds. The minimum atomic E-state index is -0.435. The van der Waals surface area contributed by atoms with Crippen LogP contribution in [0.4, 0.5) is 0 Å². The molecule has 0 saturated carbocycles. The van der Waals surface area contributed by atoms with Crippen molar-refractivity contribution in [2.75, 3.05) is 0 Å². The second kappa shape index (κ2) is 7.03. The monoisotopic (exact) mass is 360 g/mol. The van der Waals surface area contributed by atoms with Crippen LogP contribution in [-0.2, 0) is 7.05 Å². The molecule has 0 radical (unpaired) electrons. The quantitative estimate of drug-likeness (QED) is 0.722. The van der Waals surface area contributed by atoms with Crippen LogP contribution >= 0.6 is 23.2 Å². The Balaban J connectivity index is 1.97. The summed E-state index contributed by atoms with van der Waals surface area (Å²) < 4.78 is 1.85. The van der Waals surface area contributed by atoms with Crippen molar-refractivity contribution in [3.63, 3.8) is 0 Å². The first kappa shape index (κ1) is 16.5. The molecule has 0 aliphatic rings. The minimum Gasteiger partial charge on any atom is -0.337 e. The molecule has 5 nitrogen and oxygen atoms in total. The number of amides is 1. The normalized spacial score (nSPS) is 12.0. The molecule has 0 fully saturated rings. The highest BCUT2D eigenvalue weighted by Gasteiger charge is 2.23. The zero-order valence-electron chi connectivity index (χ0n) is 12.8. The van der Waals surface area contributed by atoms with Gasteiger partial charge in [0.15, 0.2) is 0 Å². The van der Waals surface area contributed by atoms with E-state index in [-0.39, 0.29) is 15.9 Å². The van der Waals surface area contributed by atoms with Gasteiger partial charge in [-0.3, -0.25) is 4.79 Å². The van der Waals surface area contributed by atoms with Gasteiger partial charge in [-0.25, -0.2) is 9.97 Å². The minimum absolute atomic E-state index is 0.0827. The van der Waals surface area contributed by atoms with Crippen LogP contribution in [0.1, 0.15) is 27.9 Å². The molecular formula is C17H14Cl2N4O. The summed E-state index contributed by atoms with van der Waals surface area (Å²) in [6.45, 7) is 0. The number of carbonyl (C=O) groups excluding carboxylic acids is 1. The van der Waals surface area contributed by atoms with Crippen molar-refractivity contribution in [3.05, 3.63) is 82.1 Å². The third-order valence-electron chi connectivity index (χ3n) is 3.55. The van der Waals surface area contributed by atoms with E-state index in [4.69, 9.17) is 23.2 Å². The number of hydrogen-bond donors (Lipinski definition) is 1. The summed E-state index contributed by atoms with van der Waals surface area (Å²) in [7, 11) is 1.87. The SMILES string of the molecule is Cn1ccnc1C(NC(=O)c1nc(Cl)ccc1Cl)c1ccccc1. The van der Waals surface area contributed by atoms with Crippen LogP contribution < -0.4 is 5.32 Å². The van der Waals surface area contributed by atoms with Crippen molar-refractivity contribution in [1.82, 2.24) is 19.9 Å². The number of halogens is 2. The van der Waals surface area contributed by atoms with Crippen molar-refractivity contribution >= 4 is 29.1 Å². The molecule has 2 aromatic heterocycles. The van der Waals surface area contributed by atoms with Crippen LogP contribution in [0, 0.1) is 0 Å². The molecule has 0 aliphatic heterocycles. The van der Waals surface area contributed by atoms with Gasteiger partial charge in [0.2, 0.25) is 0 Å². The lowest BCUT2D eigenvalue weighted by atomic mass is 10.1. The topological polar surface area (TPSA) is 59.8 Å². The zero-order chi connectivity index (χ0) is 17.1. The summed E-state index contributed by atoms with van der Waals surface area (Å²) >= 11 is 11.9. The third kappa shape index (κ3) is 3.42. The fourth-order valence-electron chi connectivity index (χ4n) is 2.37. The fourth-order valence-corrected chi connectivity index (χ4v) is 2.71. The van der Waals surface area contributed by atoms with E-state index >= 15 is 0 Å². The zero-order valence-corrected chi connectivity index (χ0v) is 14.3. The van der Waals surface area contributed by atoms with Crippen LogP contribution in [0.25, 0.3) is 0 Å². The summed E-state index contributed by atoms with van der Waals surface area (Å²) in [6.07, 6.45) is 3.50. The molecule has 7 heteroatoms. The number of carbonyl (C=O) groups is 1. The number of imidazole rings is 1. The molecule has 24 heavy (non-hydrogen) atoms. The number of benzene rings is 1. The van der Waals surface area contributed by atoms with Crippen LogP contribution in [-0.4, -0.2) is 20.4 Å². The van der Waals surface area contributed by atoms with Gasteiger partial charge in [0.1, 0.15) is 22.7 Å². The van der Waals surface area contributed by atoms with E-state index in [0.29, 0.717) is 5.82 Å². The van der Waals surface area contributed by atoms with E-state index in [0.717, 1.165) is 5.56 Å². The predicted molar refractivity (Wildman–Crippen MR) is 93.2 cm³/mol. The van der Waals surface area contributed by atoms with Gasteiger partial charge in [-0.15, -0.1) is 0 Å². The second-order valence-electron chi connectivity index (χ2n) is 5.18. The molecule has 1 aromatic carbocycles. The summed E-state index contributed by atoms with van der Waals surface area (Å²) in [4.78, 5) is 21.0. The maximum atomic E-state index is 12.7. The molecule has 1 atom stereocenters. The lowest BCUT2D eigenvalue weighted by molar-refractivity contribution is 0.0936. The molecule has 1 N–H and O–H groups in total. The van der Waals surface area contributed by atoms with Crippen molar-refractivity contribution in [3.8, 4) is 0 Å². The van der Waals surface area contributed by atoms with Gasteiger partial charge in [-0.2, -0.15) is 0 Å². The number of aryl methyl sites for hydroxylation is 1. The number of hydrogen-bond acceptors (Lipinski definition) is 3. The lowest BCUT2D eigenvalue weighted by Crippen LogP contribution is -2.31. The maximum absolute atomic E-state index is 12.7. The van der Waals surface area contributed by atoms with Gasteiger partial charge in [-0.05, 0) is 17.7 Å². The van der Waals surface area contributed by atoms with Gasteiger partial charge < -0.3 is 9.88 Å². The Hall–Kier alpha value is -2.37. The van der Waals surface area contributed by atoms with Gasteiger partial charge >= 0.3 is 0 Å². The van der Waals surface area contributed by atoms with E-state index in [2.05, 4.69) is 15.3 Å². The van der Waals surface area contributed by atoms with E-state index in [9.17, 15) is 4.79 Å². The Kier molecular flexibility index (Phi) is 4.83. The van der Waals surface area contributed by atoms with Crippen molar-refractivity contribution in [1.29, 1.82) is 0 Å². The molecule has 3 rings (SSSR count). The highest BCUT2D eigenvalue weighted by Crippen LogP contribution is 2.22. The molecule has 0 aliphatic carbocycles. The largest absolute Gasteiger partial charge is 0.337 e.